The Balaban J connectivity index is 1.46. The molecule has 3 N–H and O–H groups in total. The Hall–Kier alpha value is -4.52. The van der Waals surface area contributed by atoms with Gasteiger partial charge in [-0.1, -0.05) is 18.0 Å². The minimum Gasteiger partial charge on any atom is -0.453 e. The van der Waals surface area contributed by atoms with Crippen LogP contribution in [-0.2, 0) is 19.1 Å². The van der Waals surface area contributed by atoms with Crippen molar-refractivity contribution >= 4 is 52.5 Å². The molecule has 5 rings (SSSR count). The number of ether oxygens (including phenoxy) is 1. The number of benzene rings is 2. The molecule has 14 heteroatoms. The SMILES string of the molecule is COC(=O)Nc1ccc2c(c1)NC(=O)CCCC[C@H](N1CCN(c3c(F)ccc(Cl)c3F)C(=O)C1=O)c1nc-2c[nH]1. The Kier molecular flexibility index (Phi) is 7.88. The molecule has 214 valence electrons. The van der Waals surface area contributed by atoms with E-state index in [0.29, 0.717) is 47.7 Å². The van der Waals surface area contributed by atoms with Crippen LogP contribution in [-0.4, -0.2) is 58.9 Å². The third-order valence-corrected chi connectivity index (χ3v) is 7.26. The smallest absolute Gasteiger partial charge is 0.411 e. The number of aromatic nitrogens is 2. The van der Waals surface area contributed by atoms with Gasteiger partial charge in [0.25, 0.3) is 0 Å². The molecule has 1 fully saturated rings. The zero-order chi connectivity index (χ0) is 29.3. The fraction of sp³-hybridized carbons (Fsp3) is 0.296. The second-order valence-electron chi connectivity index (χ2n) is 9.50. The van der Waals surface area contributed by atoms with E-state index in [1.54, 1.807) is 24.4 Å². The number of halogens is 3. The van der Waals surface area contributed by atoms with E-state index in [1.807, 2.05) is 0 Å². The van der Waals surface area contributed by atoms with Crippen LogP contribution in [0.4, 0.5) is 30.6 Å². The van der Waals surface area contributed by atoms with Gasteiger partial charge >= 0.3 is 17.9 Å². The third kappa shape index (κ3) is 5.57. The number of fused-ring (bicyclic) bond motifs is 4. The number of hydrogen-bond acceptors (Lipinski definition) is 6. The van der Waals surface area contributed by atoms with Gasteiger partial charge in [-0.2, -0.15) is 0 Å². The largest absolute Gasteiger partial charge is 0.453 e. The quantitative estimate of drug-likeness (QED) is 0.303. The summed E-state index contributed by atoms with van der Waals surface area (Å²) < 4.78 is 33.8. The minimum absolute atomic E-state index is 0.0176. The summed E-state index contributed by atoms with van der Waals surface area (Å²) in [7, 11) is 1.23. The van der Waals surface area contributed by atoms with Crippen molar-refractivity contribution in [2.75, 3.05) is 35.7 Å². The summed E-state index contributed by atoms with van der Waals surface area (Å²) in [6, 6.07) is 6.18. The number of nitrogens with zero attached hydrogens (tertiary/aromatic N) is 3. The van der Waals surface area contributed by atoms with Gasteiger partial charge in [0, 0.05) is 37.0 Å². The summed E-state index contributed by atoms with van der Waals surface area (Å²) in [5.41, 5.74) is 1.13. The number of imidazole rings is 1. The van der Waals surface area contributed by atoms with Crippen LogP contribution in [0.5, 0.6) is 0 Å². The van der Waals surface area contributed by atoms with Gasteiger partial charge in [-0.3, -0.25) is 24.6 Å². The van der Waals surface area contributed by atoms with Crippen LogP contribution in [0.1, 0.15) is 37.5 Å². The summed E-state index contributed by atoms with van der Waals surface area (Å²) in [6.45, 7) is -0.180. The number of carbonyl (C=O) groups excluding carboxylic acids is 4. The molecule has 0 aliphatic carbocycles. The Morgan fingerprint density at radius 1 is 1.12 bits per heavy atom. The number of H-pyrrole nitrogens is 1. The highest BCUT2D eigenvalue weighted by Crippen LogP contribution is 2.35. The van der Waals surface area contributed by atoms with Crippen LogP contribution in [0.15, 0.2) is 36.5 Å². The van der Waals surface area contributed by atoms with Crippen LogP contribution in [0.2, 0.25) is 5.02 Å². The molecule has 2 bridgehead atoms. The zero-order valence-corrected chi connectivity index (χ0v) is 22.6. The van der Waals surface area contributed by atoms with Crippen molar-refractivity contribution in [2.24, 2.45) is 0 Å². The van der Waals surface area contributed by atoms with Crippen LogP contribution in [0, 0.1) is 11.6 Å². The summed E-state index contributed by atoms with van der Waals surface area (Å²) in [5, 5.41) is 5.04. The first-order valence-electron chi connectivity index (χ1n) is 12.8. The van der Waals surface area contributed by atoms with Crippen LogP contribution in [0.25, 0.3) is 11.3 Å². The van der Waals surface area contributed by atoms with Gasteiger partial charge < -0.3 is 19.9 Å². The molecular formula is C27H25ClF2N6O5. The molecule has 1 aromatic heterocycles. The second-order valence-corrected chi connectivity index (χ2v) is 9.91. The molecule has 2 aliphatic rings. The molecule has 1 atom stereocenters. The van der Waals surface area contributed by atoms with E-state index >= 15 is 0 Å². The van der Waals surface area contributed by atoms with E-state index in [2.05, 4.69) is 25.3 Å². The van der Waals surface area contributed by atoms with Crippen molar-refractivity contribution < 1.29 is 32.7 Å². The number of methoxy groups -OCH3 is 1. The Morgan fingerprint density at radius 2 is 1.93 bits per heavy atom. The maximum Gasteiger partial charge on any atom is 0.411 e. The van der Waals surface area contributed by atoms with E-state index in [4.69, 9.17) is 11.6 Å². The van der Waals surface area contributed by atoms with Crippen molar-refractivity contribution in [3.63, 3.8) is 0 Å². The molecular weight excluding hydrogens is 562 g/mol. The van der Waals surface area contributed by atoms with Gasteiger partial charge in [0.05, 0.1) is 29.6 Å². The molecule has 3 aromatic rings. The van der Waals surface area contributed by atoms with Crippen LogP contribution >= 0.6 is 11.6 Å². The molecule has 2 aromatic carbocycles. The molecule has 4 amide bonds. The molecule has 0 saturated carbocycles. The molecule has 41 heavy (non-hydrogen) atoms. The highest BCUT2D eigenvalue weighted by atomic mass is 35.5. The lowest BCUT2D eigenvalue weighted by Gasteiger charge is -2.38. The molecule has 3 heterocycles. The number of piperazine rings is 1. The number of anilines is 3. The van der Waals surface area contributed by atoms with Crippen molar-refractivity contribution in [3.05, 3.63) is 59.0 Å². The number of hydrogen-bond donors (Lipinski definition) is 3. The Morgan fingerprint density at radius 3 is 2.71 bits per heavy atom. The first-order chi connectivity index (χ1) is 19.7. The number of aromatic amines is 1. The Labute approximate surface area is 237 Å². The van der Waals surface area contributed by atoms with Gasteiger partial charge in [0.15, 0.2) is 5.82 Å². The lowest BCUT2D eigenvalue weighted by molar-refractivity contribution is -0.148. The molecule has 1 saturated heterocycles. The van der Waals surface area contributed by atoms with E-state index in [0.717, 1.165) is 17.0 Å². The van der Waals surface area contributed by atoms with Gasteiger partial charge in [0.2, 0.25) is 5.91 Å². The van der Waals surface area contributed by atoms with Crippen molar-refractivity contribution in [3.8, 4) is 11.3 Å². The lowest BCUT2D eigenvalue weighted by atomic mass is 10.0. The van der Waals surface area contributed by atoms with Gasteiger partial charge in [0.1, 0.15) is 17.3 Å². The second kappa shape index (κ2) is 11.5. The highest BCUT2D eigenvalue weighted by molar-refractivity contribution is 6.41. The molecule has 2 aliphatic heterocycles. The summed E-state index contributed by atoms with van der Waals surface area (Å²) in [4.78, 5) is 60.6. The van der Waals surface area contributed by atoms with Crippen molar-refractivity contribution in [1.29, 1.82) is 0 Å². The maximum atomic E-state index is 14.6. The van der Waals surface area contributed by atoms with Gasteiger partial charge in [-0.15, -0.1) is 0 Å². The van der Waals surface area contributed by atoms with E-state index in [9.17, 15) is 28.0 Å². The monoisotopic (exact) mass is 586 g/mol. The molecule has 11 nitrogen and oxygen atoms in total. The van der Waals surface area contributed by atoms with E-state index in [1.165, 1.54) is 12.0 Å². The summed E-state index contributed by atoms with van der Waals surface area (Å²) in [6.07, 6.45) is 2.50. The number of amides is 4. The normalized spacial score (nSPS) is 17.8. The minimum atomic E-state index is -1.12. The van der Waals surface area contributed by atoms with Crippen molar-refractivity contribution in [1.82, 2.24) is 14.9 Å². The number of carbonyl (C=O) groups is 4. The lowest BCUT2D eigenvalue weighted by Crippen LogP contribution is -2.56. The van der Waals surface area contributed by atoms with Crippen molar-refractivity contribution in [2.45, 2.75) is 31.7 Å². The maximum absolute atomic E-state index is 14.6. The number of rotatable bonds is 3. The summed E-state index contributed by atoms with van der Waals surface area (Å²) >= 11 is 5.80. The van der Waals surface area contributed by atoms with Gasteiger partial charge in [-0.25, -0.2) is 18.6 Å². The molecule has 0 unspecified atom stereocenters. The van der Waals surface area contributed by atoms with Gasteiger partial charge in [-0.05, 0) is 43.2 Å². The topological polar surface area (TPSA) is 137 Å². The van der Waals surface area contributed by atoms with E-state index < -0.39 is 41.3 Å². The highest BCUT2D eigenvalue weighted by Gasteiger charge is 2.40. The van der Waals surface area contributed by atoms with E-state index in [-0.39, 0.29) is 30.4 Å². The molecule has 0 spiro atoms. The first kappa shape index (κ1) is 28.0. The zero-order valence-electron chi connectivity index (χ0n) is 21.8. The predicted octanol–water partition coefficient (Wildman–Crippen LogP) is 4.62. The standard InChI is InChI=1S/C27H25ClF2N6O5/c1-41-27(40)32-14-6-7-15-18(12-14)33-21(37)5-3-2-4-20(24-31-13-19(15)34-24)35-10-11-36(26(39)25(35)38)23-17(29)9-8-16(28)22(23)30/h6-9,12-13,20H,2-5,10-11H2,1H3,(H,31,34)(H,32,40)(H,33,37)/t20-/m0/s1. The fourth-order valence-electron chi connectivity index (χ4n) is 4.96. The first-order valence-corrected chi connectivity index (χ1v) is 13.2. The average Bonchev–Trinajstić information content (AvgIpc) is 3.43. The fourth-order valence-corrected chi connectivity index (χ4v) is 5.12. The van der Waals surface area contributed by atoms with Crippen LogP contribution in [0.3, 0.4) is 0 Å². The predicted molar refractivity (Wildman–Crippen MR) is 145 cm³/mol. The molecule has 0 radical (unpaired) electrons. The Bertz CT molecular complexity index is 1550. The third-order valence-electron chi connectivity index (χ3n) is 6.97. The van der Waals surface area contributed by atoms with Crippen LogP contribution < -0.4 is 15.5 Å². The average molecular weight is 587 g/mol. The summed E-state index contributed by atoms with van der Waals surface area (Å²) in [5.74, 6) is -4.01. The number of nitrogens with one attached hydrogen (secondary N) is 3.